The third-order valence-electron chi connectivity index (χ3n) is 3.43. The average molecular weight is 362 g/mol. The average Bonchev–Trinajstić information content (AvgIpc) is 2.56. The molecule has 0 radical (unpaired) electrons. The molecule has 0 atom stereocenters. The van der Waals surface area contributed by atoms with Gasteiger partial charge in [-0.15, -0.1) is 0 Å². The number of hydrogen-bond donors (Lipinski definition) is 2. The number of carbonyl (C=O) groups is 1. The summed E-state index contributed by atoms with van der Waals surface area (Å²) in [5.41, 5.74) is 0.387. The van der Waals surface area contributed by atoms with Gasteiger partial charge in [0.25, 0.3) is 10.0 Å². The van der Waals surface area contributed by atoms with Gasteiger partial charge in [-0.25, -0.2) is 8.42 Å². The third kappa shape index (κ3) is 3.06. The molecule has 0 spiro atoms. The molecule has 0 aromatic heterocycles. The van der Waals surface area contributed by atoms with Crippen molar-refractivity contribution in [3.63, 3.8) is 0 Å². The van der Waals surface area contributed by atoms with E-state index in [0.29, 0.717) is 10.6 Å². The number of sulfonamides is 1. The lowest BCUT2D eigenvalue weighted by atomic mass is 10.1. The highest BCUT2D eigenvalue weighted by atomic mass is 35.5. The number of fused-ring (bicyclic) bond motifs is 1. The molecule has 122 valence electrons. The SMILES string of the molecule is O=C(/C=C/c1cccc(Cl)c1)C1=C(O)c2ccccc2S(=O)(=O)N1. The Labute approximate surface area is 143 Å². The van der Waals surface area contributed by atoms with Crippen LogP contribution in [0.15, 0.2) is 65.2 Å². The molecule has 0 bridgehead atoms. The maximum atomic E-state index is 12.3. The van der Waals surface area contributed by atoms with E-state index in [1.54, 1.807) is 30.3 Å². The molecule has 1 aliphatic rings. The summed E-state index contributed by atoms with van der Waals surface area (Å²) in [5, 5.41) is 10.8. The molecule has 0 amide bonds. The van der Waals surface area contributed by atoms with Crippen LogP contribution in [0.4, 0.5) is 0 Å². The van der Waals surface area contributed by atoms with E-state index in [-0.39, 0.29) is 16.2 Å². The lowest BCUT2D eigenvalue weighted by molar-refractivity contribution is -0.111. The molecule has 2 N–H and O–H groups in total. The molecule has 1 aliphatic heterocycles. The monoisotopic (exact) mass is 361 g/mol. The summed E-state index contributed by atoms with van der Waals surface area (Å²) < 4.78 is 26.5. The summed E-state index contributed by atoms with van der Waals surface area (Å²) >= 11 is 5.87. The van der Waals surface area contributed by atoms with Gasteiger partial charge < -0.3 is 5.11 Å². The van der Waals surface area contributed by atoms with Gasteiger partial charge in [0.05, 0.1) is 4.90 Å². The normalized spacial score (nSPS) is 15.9. The van der Waals surface area contributed by atoms with Crippen LogP contribution in [0.1, 0.15) is 11.1 Å². The molecular formula is C17H12ClNO4S. The number of nitrogens with one attached hydrogen (secondary N) is 1. The summed E-state index contributed by atoms with van der Waals surface area (Å²) in [6.07, 6.45) is 2.66. The largest absolute Gasteiger partial charge is 0.505 e. The molecule has 7 heteroatoms. The Morgan fingerprint density at radius 3 is 2.62 bits per heavy atom. The Kier molecular flexibility index (Phi) is 4.17. The number of hydrogen-bond acceptors (Lipinski definition) is 4. The van der Waals surface area contributed by atoms with E-state index in [9.17, 15) is 18.3 Å². The van der Waals surface area contributed by atoms with Crippen LogP contribution in [-0.4, -0.2) is 19.3 Å². The molecular weight excluding hydrogens is 350 g/mol. The van der Waals surface area contributed by atoms with Crippen molar-refractivity contribution in [3.05, 3.63) is 76.5 Å². The summed E-state index contributed by atoms with van der Waals surface area (Å²) in [5.74, 6) is -1.06. The van der Waals surface area contributed by atoms with Crippen molar-refractivity contribution >= 4 is 39.2 Å². The molecule has 0 aliphatic carbocycles. The molecule has 2 aromatic rings. The number of aliphatic hydroxyl groups is 1. The van der Waals surface area contributed by atoms with Crippen molar-refractivity contribution < 1.29 is 18.3 Å². The van der Waals surface area contributed by atoms with Crippen molar-refractivity contribution in [1.82, 2.24) is 4.72 Å². The Hall–Kier alpha value is -2.57. The van der Waals surface area contributed by atoms with Crippen LogP contribution in [0.5, 0.6) is 0 Å². The number of aliphatic hydroxyl groups excluding tert-OH is 1. The minimum Gasteiger partial charge on any atom is -0.505 e. The molecule has 0 saturated carbocycles. The fourth-order valence-electron chi connectivity index (χ4n) is 2.30. The quantitative estimate of drug-likeness (QED) is 0.823. The first kappa shape index (κ1) is 16.3. The van der Waals surface area contributed by atoms with Crippen LogP contribution < -0.4 is 4.72 Å². The molecule has 0 fully saturated rings. The van der Waals surface area contributed by atoms with E-state index in [0.717, 1.165) is 0 Å². The van der Waals surface area contributed by atoms with Gasteiger partial charge in [0.1, 0.15) is 5.70 Å². The second kappa shape index (κ2) is 6.14. The number of benzene rings is 2. The van der Waals surface area contributed by atoms with Gasteiger partial charge in [0.2, 0.25) is 5.78 Å². The fourth-order valence-corrected chi connectivity index (χ4v) is 3.79. The van der Waals surface area contributed by atoms with E-state index in [1.165, 1.54) is 30.4 Å². The van der Waals surface area contributed by atoms with Gasteiger partial charge in [-0.3, -0.25) is 9.52 Å². The smallest absolute Gasteiger partial charge is 0.262 e. The standard InChI is InChI=1S/C17H12ClNO4S/c18-12-5-3-4-11(10-12)8-9-14(20)16-17(21)13-6-1-2-7-15(13)24(22,23)19-16/h1-10,19,21H/b9-8+. The van der Waals surface area contributed by atoms with Gasteiger partial charge >= 0.3 is 0 Å². The highest BCUT2D eigenvalue weighted by molar-refractivity contribution is 7.89. The zero-order chi connectivity index (χ0) is 17.3. The van der Waals surface area contributed by atoms with Crippen LogP contribution >= 0.6 is 11.6 Å². The number of allylic oxidation sites excluding steroid dienone is 1. The van der Waals surface area contributed by atoms with Gasteiger partial charge in [0, 0.05) is 10.6 Å². The second-order valence-electron chi connectivity index (χ2n) is 5.08. The van der Waals surface area contributed by atoms with Crippen LogP contribution in [0.25, 0.3) is 11.8 Å². The molecule has 1 heterocycles. The van der Waals surface area contributed by atoms with Crippen LogP contribution in [0, 0.1) is 0 Å². The summed E-state index contributed by atoms with van der Waals surface area (Å²) in [6.45, 7) is 0. The van der Waals surface area contributed by atoms with E-state index >= 15 is 0 Å². The number of ketones is 1. The topological polar surface area (TPSA) is 83.5 Å². The highest BCUT2D eigenvalue weighted by Gasteiger charge is 2.31. The summed E-state index contributed by atoms with van der Waals surface area (Å²) in [7, 11) is -3.90. The van der Waals surface area contributed by atoms with E-state index < -0.39 is 21.6 Å². The van der Waals surface area contributed by atoms with Crippen LogP contribution in [0.3, 0.4) is 0 Å². The van der Waals surface area contributed by atoms with E-state index in [1.807, 2.05) is 0 Å². The number of halogens is 1. The molecule has 5 nitrogen and oxygen atoms in total. The minimum absolute atomic E-state index is 0.0714. The number of rotatable bonds is 3. The zero-order valence-electron chi connectivity index (χ0n) is 12.2. The van der Waals surface area contributed by atoms with E-state index in [2.05, 4.69) is 4.72 Å². The van der Waals surface area contributed by atoms with Gasteiger partial charge in [-0.1, -0.05) is 41.9 Å². The number of carbonyl (C=O) groups excluding carboxylic acids is 1. The summed E-state index contributed by atoms with van der Waals surface area (Å²) in [6, 6.07) is 12.7. The van der Waals surface area contributed by atoms with Crippen molar-refractivity contribution in [2.75, 3.05) is 0 Å². The van der Waals surface area contributed by atoms with Crippen molar-refractivity contribution in [3.8, 4) is 0 Å². The Morgan fingerprint density at radius 2 is 1.88 bits per heavy atom. The van der Waals surface area contributed by atoms with Crippen LogP contribution in [0.2, 0.25) is 5.02 Å². The Balaban J connectivity index is 1.98. The predicted molar refractivity (Wildman–Crippen MR) is 91.8 cm³/mol. The Bertz CT molecular complexity index is 993. The first-order chi connectivity index (χ1) is 11.4. The van der Waals surface area contributed by atoms with Gasteiger partial charge in [-0.2, -0.15) is 0 Å². The summed E-state index contributed by atoms with van der Waals surface area (Å²) in [4.78, 5) is 12.2. The van der Waals surface area contributed by atoms with Gasteiger partial charge in [-0.05, 0) is 35.9 Å². The zero-order valence-corrected chi connectivity index (χ0v) is 13.8. The fraction of sp³-hybridized carbons (Fsp3) is 0. The molecule has 24 heavy (non-hydrogen) atoms. The molecule has 3 rings (SSSR count). The predicted octanol–water partition coefficient (Wildman–Crippen LogP) is 3.14. The maximum absolute atomic E-state index is 12.3. The second-order valence-corrected chi connectivity index (χ2v) is 7.17. The van der Waals surface area contributed by atoms with Crippen molar-refractivity contribution in [2.45, 2.75) is 4.90 Å². The molecule has 0 saturated heterocycles. The highest BCUT2D eigenvalue weighted by Crippen LogP contribution is 2.29. The van der Waals surface area contributed by atoms with E-state index in [4.69, 9.17) is 11.6 Å². The first-order valence-electron chi connectivity index (χ1n) is 6.92. The Morgan fingerprint density at radius 1 is 1.12 bits per heavy atom. The van der Waals surface area contributed by atoms with Crippen LogP contribution in [-0.2, 0) is 14.8 Å². The lowest BCUT2D eigenvalue weighted by Gasteiger charge is -2.19. The van der Waals surface area contributed by atoms with Gasteiger partial charge in [0.15, 0.2) is 5.76 Å². The van der Waals surface area contributed by atoms with Crippen molar-refractivity contribution in [1.29, 1.82) is 0 Å². The third-order valence-corrected chi connectivity index (χ3v) is 5.07. The lowest BCUT2D eigenvalue weighted by Crippen LogP contribution is -2.32. The molecule has 2 aromatic carbocycles. The maximum Gasteiger partial charge on any atom is 0.262 e. The minimum atomic E-state index is -3.90. The molecule has 0 unspecified atom stereocenters. The first-order valence-corrected chi connectivity index (χ1v) is 8.78. The van der Waals surface area contributed by atoms with Crippen molar-refractivity contribution in [2.24, 2.45) is 0 Å².